The Morgan fingerprint density at radius 3 is 2.52 bits per heavy atom. The second kappa shape index (κ2) is 10.0. The molecule has 0 amide bonds. The molecule has 3 aromatic heterocycles. The smallest absolute Gasteiger partial charge is 0.330 e. The van der Waals surface area contributed by atoms with Crippen molar-refractivity contribution in [2.24, 2.45) is 12.5 Å². The molecule has 3 aliphatic rings. The third-order valence-corrected chi connectivity index (χ3v) is 9.72. The Morgan fingerprint density at radius 1 is 1.05 bits per heavy atom. The molecular weight excluding hydrogens is 504 g/mol. The van der Waals surface area contributed by atoms with Gasteiger partial charge in [0.25, 0.3) is 0 Å². The first kappa shape index (κ1) is 25.8. The Morgan fingerprint density at radius 2 is 1.82 bits per heavy atom. The molecule has 210 valence electrons. The molecule has 2 aliphatic carbocycles. The van der Waals surface area contributed by atoms with E-state index in [9.17, 15) is 4.79 Å². The van der Waals surface area contributed by atoms with Crippen molar-refractivity contribution in [1.29, 1.82) is 0 Å². The minimum Gasteiger partial charge on any atom is -0.381 e. The molecule has 4 heterocycles. The van der Waals surface area contributed by atoms with Crippen LogP contribution in [0.2, 0.25) is 0 Å². The number of benzene rings is 1. The molecule has 0 unspecified atom stereocenters. The van der Waals surface area contributed by atoms with Crippen molar-refractivity contribution >= 4 is 22.1 Å². The van der Waals surface area contributed by atoms with Crippen LogP contribution in [0.25, 0.3) is 33.2 Å². The van der Waals surface area contributed by atoms with Crippen molar-refractivity contribution < 1.29 is 9.47 Å². The van der Waals surface area contributed by atoms with Gasteiger partial charge in [0.15, 0.2) is 5.65 Å². The highest BCUT2D eigenvalue weighted by Crippen LogP contribution is 2.53. The molecule has 0 bridgehead atoms. The molecule has 1 saturated heterocycles. The lowest BCUT2D eigenvalue weighted by molar-refractivity contribution is 0.00635. The summed E-state index contributed by atoms with van der Waals surface area (Å²) in [5.74, 6) is 0. The molecular formula is C31H38N6O3. The van der Waals surface area contributed by atoms with Crippen molar-refractivity contribution in [2.75, 3.05) is 33.4 Å². The Bertz CT molecular complexity index is 1590. The number of piperidine rings is 1. The van der Waals surface area contributed by atoms with E-state index in [2.05, 4.69) is 40.2 Å². The van der Waals surface area contributed by atoms with Crippen LogP contribution in [0, 0.1) is 5.41 Å². The lowest BCUT2D eigenvalue weighted by Crippen LogP contribution is -2.37. The first-order valence-electron chi connectivity index (χ1n) is 14.7. The Kier molecular flexibility index (Phi) is 6.48. The number of imidazole rings is 1. The maximum atomic E-state index is 13.2. The zero-order valence-corrected chi connectivity index (χ0v) is 23.7. The summed E-state index contributed by atoms with van der Waals surface area (Å²) in [5.41, 5.74) is 5.84. The van der Waals surface area contributed by atoms with Crippen molar-refractivity contribution in [3.63, 3.8) is 0 Å². The Labute approximate surface area is 234 Å². The van der Waals surface area contributed by atoms with Gasteiger partial charge < -0.3 is 14.4 Å². The molecule has 9 nitrogen and oxygen atoms in total. The van der Waals surface area contributed by atoms with Crippen LogP contribution in [-0.4, -0.2) is 68.7 Å². The third kappa shape index (κ3) is 4.54. The van der Waals surface area contributed by atoms with Gasteiger partial charge in [-0.15, -0.1) is 10.2 Å². The van der Waals surface area contributed by atoms with Gasteiger partial charge in [-0.25, -0.2) is 4.79 Å². The predicted octanol–water partition coefficient (Wildman–Crippen LogP) is 4.65. The Hall–Kier alpha value is -3.14. The summed E-state index contributed by atoms with van der Waals surface area (Å²) < 4.78 is 15.1. The number of hydrogen-bond donors (Lipinski definition) is 0. The van der Waals surface area contributed by atoms with Gasteiger partial charge in [0, 0.05) is 43.9 Å². The molecule has 0 radical (unpaired) electrons. The first-order valence-corrected chi connectivity index (χ1v) is 14.7. The average Bonchev–Trinajstić information content (AvgIpc) is 3.67. The molecule has 40 heavy (non-hydrogen) atoms. The summed E-state index contributed by atoms with van der Waals surface area (Å²) in [6.45, 7) is 6.21. The van der Waals surface area contributed by atoms with E-state index in [4.69, 9.17) is 14.5 Å². The number of aryl methyl sites for hydroxylation is 1. The molecule has 4 aromatic rings. The van der Waals surface area contributed by atoms with Crippen LogP contribution in [0.4, 0.5) is 0 Å². The van der Waals surface area contributed by atoms with E-state index >= 15 is 0 Å². The fourth-order valence-corrected chi connectivity index (χ4v) is 6.54. The molecule has 1 aliphatic heterocycles. The van der Waals surface area contributed by atoms with Gasteiger partial charge in [-0.1, -0.05) is 12.1 Å². The number of aromatic nitrogens is 5. The minimum absolute atomic E-state index is 0.0581. The summed E-state index contributed by atoms with van der Waals surface area (Å²) in [7, 11) is 3.49. The van der Waals surface area contributed by atoms with Crippen LogP contribution in [0.1, 0.15) is 63.3 Å². The summed E-state index contributed by atoms with van der Waals surface area (Å²) in [5, 5.41) is 9.74. The van der Waals surface area contributed by atoms with Crippen LogP contribution in [0.5, 0.6) is 0 Å². The van der Waals surface area contributed by atoms with Gasteiger partial charge in [-0.05, 0) is 87.7 Å². The van der Waals surface area contributed by atoms with Gasteiger partial charge in [0.05, 0.1) is 30.0 Å². The number of pyridine rings is 1. The maximum absolute atomic E-state index is 13.2. The predicted molar refractivity (Wildman–Crippen MR) is 154 cm³/mol. The van der Waals surface area contributed by atoms with E-state index in [0.29, 0.717) is 11.1 Å². The van der Waals surface area contributed by atoms with E-state index in [-0.39, 0.29) is 23.9 Å². The SMILES string of the molecule is COC1CC(n2c(=O)n(C)c3nnc4ccc(-c5ccc([C@@H](C)OCCN6CCC7(CC6)CC7)nc5)cc4c32)C1. The topological polar surface area (TPSA) is 87.3 Å². The monoisotopic (exact) mass is 542 g/mol. The number of fused-ring (bicyclic) bond motifs is 3. The van der Waals surface area contributed by atoms with E-state index < -0.39 is 0 Å². The molecule has 0 N–H and O–H groups in total. The van der Waals surface area contributed by atoms with Gasteiger partial charge in [-0.2, -0.15) is 0 Å². The first-order chi connectivity index (χ1) is 19.4. The molecule has 1 aromatic carbocycles. The number of ether oxygens (including phenoxy) is 2. The minimum atomic E-state index is -0.0612. The summed E-state index contributed by atoms with van der Waals surface area (Å²) in [4.78, 5) is 20.5. The maximum Gasteiger partial charge on any atom is 0.330 e. The van der Waals surface area contributed by atoms with E-state index in [0.717, 1.165) is 59.2 Å². The van der Waals surface area contributed by atoms with Crippen LogP contribution in [0.3, 0.4) is 0 Å². The normalized spacial score (nSPS) is 23.1. The highest BCUT2D eigenvalue weighted by atomic mass is 16.5. The van der Waals surface area contributed by atoms with E-state index in [1.807, 2.05) is 22.9 Å². The van der Waals surface area contributed by atoms with E-state index in [1.54, 1.807) is 18.7 Å². The number of hydrogen-bond acceptors (Lipinski definition) is 7. The lowest BCUT2D eigenvalue weighted by atomic mass is 9.89. The Balaban J connectivity index is 1.09. The molecule has 7 rings (SSSR count). The highest BCUT2D eigenvalue weighted by molar-refractivity contribution is 6.02. The molecule has 1 atom stereocenters. The number of rotatable bonds is 8. The number of nitrogens with zero attached hydrogens (tertiary/aromatic N) is 6. The fraction of sp³-hybridized carbons (Fsp3) is 0.548. The van der Waals surface area contributed by atoms with Crippen LogP contribution in [-0.2, 0) is 16.5 Å². The third-order valence-electron chi connectivity index (χ3n) is 9.72. The number of methoxy groups -OCH3 is 1. The lowest BCUT2D eigenvalue weighted by Gasteiger charge is -2.34. The second-order valence-electron chi connectivity index (χ2n) is 12.1. The molecule has 3 fully saturated rings. The zero-order chi connectivity index (χ0) is 27.4. The summed E-state index contributed by atoms with van der Waals surface area (Å²) in [6.07, 6.45) is 9.29. The largest absolute Gasteiger partial charge is 0.381 e. The van der Waals surface area contributed by atoms with Crippen LogP contribution in [0.15, 0.2) is 41.3 Å². The number of likely N-dealkylation sites (tertiary alicyclic amines) is 1. The van der Waals surface area contributed by atoms with Gasteiger partial charge in [0.2, 0.25) is 0 Å². The molecule has 2 saturated carbocycles. The van der Waals surface area contributed by atoms with Gasteiger partial charge in [0.1, 0.15) is 5.52 Å². The van der Waals surface area contributed by atoms with E-state index in [1.165, 1.54) is 38.8 Å². The van der Waals surface area contributed by atoms with Gasteiger partial charge in [-0.3, -0.25) is 14.1 Å². The average molecular weight is 543 g/mol. The highest BCUT2D eigenvalue weighted by Gasteiger charge is 2.44. The van der Waals surface area contributed by atoms with Crippen LogP contribution < -0.4 is 5.69 Å². The van der Waals surface area contributed by atoms with Crippen molar-refractivity contribution in [2.45, 2.75) is 63.7 Å². The second-order valence-corrected chi connectivity index (χ2v) is 12.1. The van der Waals surface area contributed by atoms with Crippen molar-refractivity contribution in [1.82, 2.24) is 29.2 Å². The summed E-state index contributed by atoms with van der Waals surface area (Å²) >= 11 is 0. The van der Waals surface area contributed by atoms with Gasteiger partial charge >= 0.3 is 5.69 Å². The quantitative estimate of drug-likeness (QED) is 0.320. The zero-order valence-electron chi connectivity index (χ0n) is 23.7. The standard InChI is InChI=1S/C31H38N6O3/c1-20(40-15-14-36-12-10-31(8-9-31)11-13-36)26-6-5-22(19-32-26)21-4-7-27-25(16-21)28-29(34-33-27)35(2)30(38)37(28)23-17-24(18-23)39-3/h4-7,16,19-20,23-24H,8-15,17-18H2,1-3H3/t20-,23?,24?/m1/s1. The van der Waals surface area contributed by atoms with Crippen molar-refractivity contribution in [3.05, 3.63) is 52.7 Å². The summed E-state index contributed by atoms with van der Waals surface area (Å²) in [6, 6.07) is 10.4. The van der Waals surface area contributed by atoms with Crippen LogP contribution >= 0.6 is 0 Å². The molecule has 9 heteroatoms. The van der Waals surface area contributed by atoms with Crippen molar-refractivity contribution in [3.8, 4) is 11.1 Å². The molecule has 1 spiro atoms. The fourth-order valence-electron chi connectivity index (χ4n) is 6.54.